The van der Waals surface area contributed by atoms with Gasteiger partial charge in [-0.25, -0.2) is 14.8 Å². The van der Waals surface area contributed by atoms with Gasteiger partial charge in [0.2, 0.25) is 5.95 Å². The molecule has 10 nitrogen and oxygen atoms in total. The lowest BCUT2D eigenvalue weighted by Gasteiger charge is -2.35. The number of nitrogens with one attached hydrogen (secondary N) is 3. The molecule has 35 heavy (non-hydrogen) atoms. The molecule has 5 rings (SSSR count). The summed E-state index contributed by atoms with van der Waals surface area (Å²) in [4.78, 5) is 28.8. The number of carbonyl (C=O) groups is 1. The number of rotatable bonds is 5. The number of piperazine rings is 1. The lowest BCUT2D eigenvalue weighted by atomic mass is 10.1. The molecule has 1 aliphatic heterocycles. The number of fused-ring (bicyclic) bond motifs is 1. The van der Waals surface area contributed by atoms with E-state index in [1.165, 1.54) is 0 Å². The van der Waals surface area contributed by atoms with Gasteiger partial charge in [-0.15, -0.1) is 0 Å². The molecule has 1 aliphatic rings. The number of benzene rings is 1. The minimum atomic E-state index is -0.476. The van der Waals surface area contributed by atoms with Crippen LogP contribution in [0, 0.1) is 0 Å². The van der Waals surface area contributed by atoms with Gasteiger partial charge in [-0.2, -0.15) is 5.10 Å². The van der Waals surface area contributed by atoms with Gasteiger partial charge in [0.15, 0.2) is 0 Å². The normalized spacial score (nSPS) is 14.9. The van der Waals surface area contributed by atoms with Gasteiger partial charge >= 0.3 is 6.09 Å². The van der Waals surface area contributed by atoms with Gasteiger partial charge < -0.3 is 19.9 Å². The molecule has 10 heteroatoms. The number of hydrogen-bond acceptors (Lipinski definition) is 7. The summed E-state index contributed by atoms with van der Waals surface area (Å²) in [6.45, 7) is 9.36. The van der Waals surface area contributed by atoms with E-state index in [4.69, 9.17) is 4.74 Å². The fourth-order valence-corrected chi connectivity index (χ4v) is 4.08. The van der Waals surface area contributed by atoms with Crippen molar-refractivity contribution in [2.45, 2.75) is 32.9 Å². The summed E-state index contributed by atoms with van der Waals surface area (Å²) in [6.07, 6.45) is 3.36. The van der Waals surface area contributed by atoms with Crippen LogP contribution in [-0.4, -0.2) is 72.8 Å². The monoisotopic (exact) mass is 474 g/mol. The van der Waals surface area contributed by atoms with Crippen LogP contribution in [0.5, 0.6) is 0 Å². The van der Waals surface area contributed by atoms with Gasteiger partial charge in [-0.1, -0.05) is 6.07 Å². The number of aromatic nitrogens is 5. The Hall–Kier alpha value is -3.92. The molecular formula is C25H30N8O2. The molecular weight excluding hydrogens is 444 g/mol. The van der Waals surface area contributed by atoms with Crippen LogP contribution >= 0.6 is 0 Å². The third kappa shape index (κ3) is 5.60. The van der Waals surface area contributed by atoms with E-state index in [2.05, 4.69) is 35.4 Å². The van der Waals surface area contributed by atoms with E-state index in [0.717, 1.165) is 53.3 Å². The van der Waals surface area contributed by atoms with Crippen LogP contribution in [0.4, 0.5) is 16.6 Å². The molecule has 3 aromatic heterocycles. The standard InChI is InChI=1S/C25H30N8O2/c1-25(2,3)35-24(34)33-12-10-32(11-13-33)16-17-6-8-26-22(14-17)30-23-28-20-5-4-18(15-21(20)29-23)19-7-9-27-31-19/h4-9,14-15H,10-13,16H2,1-3H3,(H,27,31)(H2,26,28,29,30). The average molecular weight is 475 g/mol. The summed E-state index contributed by atoms with van der Waals surface area (Å²) >= 11 is 0. The maximum absolute atomic E-state index is 12.3. The van der Waals surface area contributed by atoms with Crippen molar-refractivity contribution < 1.29 is 9.53 Å². The van der Waals surface area contributed by atoms with Crippen molar-refractivity contribution in [1.82, 2.24) is 34.9 Å². The number of ether oxygens (including phenoxy) is 1. The minimum absolute atomic E-state index is 0.241. The summed E-state index contributed by atoms with van der Waals surface area (Å²) in [6, 6.07) is 12.0. The SMILES string of the molecule is CC(C)(C)OC(=O)N1CCN(Cc2ccnc(Nc3nc4ccc(-c5cc[nH]n5)cc4[nH]3)c2)CC1. The van der Waals surface area contributed by atoms with E-state index in [9.17, 15) is 4.79 Å². The van der Waals surface area contributed by atoms with Crippen molar-refractivity contribution in [2.24, 2.45) is 0 Å². The Kier molecular flexibility index (Phi) is 6.12. The smallest absolute Gasteiger partial charge is 0.410 e. The second-order valence-corrected chi connectivity index (χ2v) is 9.69. The minimum Gasteiger partial charge on any atom is -0.444 e. The number of imidazole rings is 1. The molecule has 1 aromatic carbocycles. The Morgan fingerprint density at radius 1 is 1.11 bits per heavy atom. The number of hydrogen-bond donors (Lipinski definition) is 3. The first-order chi connectivity index (χ1) is 16.8. The van der Waals surface area contributed by atoms with Gasteiger partial charge in [-0.3, -0.25) is 10.00 Å². The van der Waals surface area contributed by atoms with Crippen molar-refractivity contribution in [3.8, 4) is 11.3 Å². The molecule has 4 aromatic rings. The maximum Gasteiger partial charge on any atom is 0.410 e. The molecule has 0 unspecified atom stereocenters. The average Bonchev–Trinajstić information content (AvgIpc) is 3.48. The second-order valence-electron chi connectivity index (χ2n) is 9.69. The van der Waals surface area contributed by atoms with Crippen LogP contribution in [0.2, 0.25) is 0 Å². The Morgan fingerprint density at radius 3 is 2.69 bits per heavy atom. The topological polar surface area (TPSA) is 115 Å². The van der Waals surface area contributed by atoms with E-state index in [1.807, 2.05) is 57.2 Å². The van der Waals surface area contributed by atoms with Crippen LogP contribution in [0.3, 0.4) is 0 Å². The summed E-state index contributed by atoms with van der Waals surface area (Å²) in [5, 5.41) is 10.4. The number of nitrogens with zero attached hydrogens (tertiary/aromatic N) is 5. The van der Waals surface area contributed by atoms with Gasteiger partial charge in [0.05, 0.1) is 16.7 Å². The number of H-pyrrole nitrogens is 2. The Labute approximate surface area is 203 Å². The molecule has 182 valence electrons. The third-order valence-electron chi connectivity index (χ3n) is 5.78. The van der Waals surface area contributed by atoms with Crippen LogP contribution in [0.1, 0.15) is 26.3 Å². The van der Waals surface area contributed by atoms with Gasteiger partial charge in [0.1, 0.15) is 11.4 Å². The summed E-state index contributed by atoms with van der Waals surface area (Å²) < 4.78 is 5.49. The molecule has 0 bridgehead atoms. The Morgan fingerprint density at radius 2 is 1.94 bits per heavy atom. The fraction of sp³-hybridized carbons (Fsp3) is 0.360. The van der Waals surface area contributed by atoms with Gasteiger partial charge in [-0.05, 0) is 56.7 Å². The highest BCUT2D eigenvalue weighted by Gasteiger charge is 2.25. The van der Waals surface area contributed by atoms with E-state index in [0.29, 0.717) is 19.0 Å². The molecule has 0 radical (unpaired) electrons. The Balaban J connectivity index is 1.20. The summed E-state index contributed by atoms with van der Waals surface area (Å²) in [5.41, 5.74) is 4.36. The largest absolute Gasteiger partial charge is 0.444 e. The summed E-state index contributed by atoms with van der Waals surface area (Å²) in [7, 11) is 0. The molecule has 1 fully saturated rings. The van der Waals surface area contributed by atoms with Crippen LogP contribution in [-0.2, 0) is 11.3 Å². The fourth-order valence-electron chi connectivity index (χ4n) is 4.08. The third-order valence-corrected chi connectivity index (χ3v) is 5.78. The number of amides is 1. The number of carbonyl (C=O) groups excluding carboxylic acids is 1. The van der Waals surface area contributed by atoms with Gasteiger partial charge in [0, 0.05) is 50.7 Å². The van der Waals surface area contributed by atoms with Crippen molar-refractivity contribution in [3.63, 3.8) is 0 Å². The van der Waals surface area contributed by atoms with Crippen LogP contribution < -0.4 is 5.32 Å². The van der Waals surface area contributed by atoms with Crippen molar-refractivity contribution in [2.75, 3.05) is 31.5 Å². The van der Waals surface area contributed by atoms with Crippen LogP contribution in [0.25, 0.3) is 22.3 Å². The van der Waals surface area contributed by atoms with E-state index >= 15 is 0 Å². The van der Waals surface area contributed by atoms with Crippen molar-refractivity contribution in [1.29, 1.82) is 0 Å². The van der Waals surface area contributed by atoms with E-state index < -0.39 is 5.60 Å². The molecule has 0 saturated carbocycles. The molecule has 3 N–H and O–H groups in total. The van der Waals surface area contributed by atoms with Gasteiger partial charge in [0.25, 0.3) is 0 Å². The Bertz CT molecular complexity index is 1300. The molecule has 1 amide bonds. The highest BCUT2D eigenvalue weighted by molar-refractivity contribution is 5.83. The van der Waals surface area contributed by atoms with Crippen LogP contribution in [0.15, 0.2) is 48.8 Å². The van der Waals surface area contributed by atoms with Crippen molar-refractivity contribution in [3.05, 3.63) is 54.4 Å². The molecule has 0 atom stereocenters. The first kappa shape index (κ1) is 22.9. The second kappa shape index (κ2) is 9.38. The highest BCUT2D eigenvalue weighted by Crippen LogP contribution is 2.24. The molecule has 1 saturated heterocycles. The molecule has 0 aliphatic carbocycles. The number of aromatic amines is 2. The number of anilines is 2. The zero-order valence-corrected chi connectivity index (χ0v) is 20.2. The van der Waals surface area contributed by atoms with E-state index in [1.54, 1.807) is 17.3 Å². The predicted octanol–water partition coefficient (Wildman–Crippen LogP) is 4.14. The zero-order chi connectivity index (χ0) is 24.4. The molecule has 0 spiro atoms. The first-order valence-electron chi connectivity index (χ1n) is 11.7. The lowest BCUT2D eigenvalue weighted by Crippen LogP contribution is -2.49. The highest BCUT2D eigenvalue weighted by atomic mass is 16.6. The zero-order valence-electron chi connectivity index (χ0n) is 20.2. The first-order valence-corrected chi connectivity index (χ1v) is 11.7. The van der Waals surface area contributed by atoms with Crippen molar-refractivity contribution >= 4 is 28.9 Å². The lowest BCUT2D eigenvalue weighted by molar-refractivity contribution is 0.0139. The quantitative estimate of drug-likeness (QED) is 0.398. The number of pyridine rings is 1. The van der Waals surface area contributed by atoms with E-state index in [-0.39, 0.29) is 6.09 Å². The molecule has 4 heterocycles. The maximum atomic E-state index is 12.3. The predicted molar refractivity (Wildman–Crippen MR) is 134 cm³/mol. The summed E-state index contributed by atoms with van der Waals surface area (Å²) in [5.74, 6) is 1.36.